The van der Waals surface area contributed by atoms with Crippen LogP contribution in [0.4, 0.5) is 4.39 Å². The van der Waals surface area contributed by atoms with Crippen LogP contribution in [0.1, 0.15) is 15.9 Å². The van der Waals surface area contributed by atoms with Gasteiger partial charge in [-0.15, -0.1) is 0 Å². The number of aldehydes is 1. The molecule has 1 aromatic rings. The molecule has 2 nitrogen and oxygen atoms in total. The molecule has 62 valence electrons. The van der Waals surface area contributed by atoms with Crippen molar-refractivity contribution in [2.75, 3.05) is 6.61 Å². The zero-order chi connectivity index (χ0) is 8.55. The number of benzene rings is 1. The second-order valence-corrected chi connectivity index (χ2v) is 2.66. The van der Waals surface area contributed by atoms with Gasteiger partial charge in [0.05, 0.1) is 12.2 Å². The number of hydrogen-bond acceptors (Lipinski definition) is 2. The Morgan fingerprint density at radius 3 is 3.08 bits per heavy atom. The molecule has 12 heavy (non-hydrogen) atoms. The summed E-state index contributed by atoms with van der Waals surface area (Å²) in [7, 11) is 0. The molecule has 1 aliphatic rings. The Hall–Kier alpha value is -1.38. The number of carbonyl (C=O) groups excluding carboxylic acids is 1. The van der Waals surface area contributed by atoms with Gasteiger partial charge in [0, 0.05) is 12.0 Å². The van der Waals surface area contributed by atoms with Crippen LogP contribution in [0.3, 0.4) is 0 Å². The normalized spacial score (nSPS) is 13.8. The van der Waals surface area contributed by atoms with Crippen molar-refractivity contribution in [1.82, 2.24) is 0 Å². The van der Waals surface area contributed by atoms with E-state index in [4.69, 9.17) is 4.74 Å². The minimum atomic E-state index is -0.284. The molecule has 0 fully saturated rings. The predicted octanol–water partition coefficient (Wildman–Crippen LogP) is 1.57. The minimum absolute atomic E-state index is 0.284. The number of carbonyl (C=O) groups is 1. The third kappa shape index (κ3) is 0.897. The summed E-state index contributed by atoms with van der Waals surface area (Å²) < 4.78 is 18.1. The lowest BCUT2D eigenvalue weighted by Gasteiger charge is -2.01. The quantitative estimate of drug-likeness (QED) is 0.592. The Bertz CT molecular complexity index is 334. The average Bonchev–Trinajstić information content (AvgIpc) is 2.54. The van der Waals surface area contributed by atoms with Crippen molar-refractivity contribution < 1.29 is 13.9 Å². The fourth-order valence-electron chi connectivity index (χ4n) is 1.37. The molecule has 2 rings (SSSR count). The monoisotopic (exact) mass is 166 g/mol. The molecule has 0 saturated heterocycles. The van der Waals surface area contributed by atoms with E-state index in [0.29, 0.717) is 36.2 Å². The number of halogens is 1. The Morgan fingerprint density at radius 2 is 2.33 bits per heavy atom. The highest BCUT2D eigenvalue weighted by atomic mass is 19.1. The molecule has 0 atom stereocenters. The predicted molar refractivity (Wildman–Crippen MR) is 41.0 cm³/mol. The molecule has 1 heterocycles. The lowest BCUT2D eigenvalue weighted by Crippen LogP contribution is -1.90. The Morgan fingerprint density at radius 1 is 1.50 bits per heavy atom. The van der Waals surface area contributed by atoms with E-state index < -0.39 is 0 Å². The summed E-state index contributed by atoms with van der Waals surface area (Å²) >= 11 is 0. The van der Waals surface area contributed by atoms with Crippen molar-refractivity contribution in [1.29, 1.82) is 0 Å². The molecule has 0 saturated carbocycles. The van der Waals surface area contributed by atoms with Gasteiger partial charge >= 0.3 is 0 Å². The largest absolute Gasteiger partial charge is 0.492 e. The number of hydrogen-bond donors (Lipinski definition) is 0. The standard InChI is InChI=1S/C9H7FO2/c10-8-2-1-6(5-11)9-7(8)3-4-12-9/h1-2,5H,3-4H2. The molecular formula is C9H7FO2. The van der Waals surface area contributed by atoms with Gasteiger partial charge in [0.1, 0.15) is 11.6 Å². The van der Waals surface area contributed by atoms with Crippen LogP contribution in [0.25, 0.3) is 0 Å². The van der Waals surface area contributed by atoms with Gasteiger partial charge in [-0.2, -0.15) is 0 Å². The van der Waals surface area contributed by atoms with Crippen LogP contribution in [0.15, 0.2) is 12.1 Å². The summed E-state index contributed by atoms with van der Waals surface area (Å²) in [5, 5.41) is 0. The van der Waals surface area contributed by atoms with Crippen LogP contribution in [0, 0.1) is 5.82 Å². The van der Waals surface area contributed by atoms with Gasteiger partial charge in [-0.05, 0) is 12.1 Å². The third-order valence-electron chi connectivity index (χ3n) is 1.96. The van der Waals surface area contributed by atoms with Crippen LogP contribution in [-0.4, -0.2) is 12.9 Å². The van der Waals surface area contributed by atoms with E-state index in [1.165, 1.54) is 12.1 Å². The first-order valence-electron chi connectivity index (χ1n) is 3.72. The van der Waals surface area contributed by atoms with Crippen LogP contribution in [0.5, 0.6) is 5.75 Å². The number of rotatable bonds is 1. The molecule has 0 aromatic heterocycles. The summed E-state index contributed by atoms with van der Waals surface area (Å²) in [5.74, 6) is 0.137. The molecule has 0 aliphatic carbocycles. The van der Waals surface area contributed by atoms with E-state index in [-0.39, 0.29) is 5.82 Å². The first kappa shape index (κ1) is 7.28. The highest BCUT2D eigenvalue weighted by Gasteiger charge is 2.19. The zero-order valence-electron chi connectivity index (χ0n) is 6.34. The molecule has 0 unspecified atom stereocenters. The first-order valence-corrected chi connectivity index (χ1v) is 3.72. The summed E-state index contributed by atoms with van der Waals surface area (Å²) in [4.78, 5) is 10.5. The van der Waals surface area contributed by atoms with Crippen molar-refractivity contribution in [2.24, 2.45) is 0 Å². The van der Waals surface area contributed by atoms with Gasteiger partial charge in [-0.1, -0.05) is 0 Å². The lowest BCUT2D eigenvalue weighted by atomic mass is 10.1. The third-order valence-corrected chi connectivity index (χ3v) is 1.96. The Balaban J connectivity index is 2.64. The summed E-state index contributed by atoms with van der Waals surface area (Å²) in [6.07, 6.45) is 1.24. The molecule has 0 N–H and O–H groups in total. The topological polar surface area (TPSA) is 26.3 Å². The van der Waals surface area contributed by atoms with Gasteiger partial charge in [0.15, 0.2) is 6.29 Å². The van der Waals surface area contributed by atoms with Crippen molar-refractivity contribution in [3.05, 3.63) is 29.1 Å². The second kappa shape index (κ2) is 2.59. The molecule has 0 radical (unpaired) electrons. The van der Waals surface area contributed by atoms with Crippen LogP contribution in [0.2, 0.25) is 0 Å². The van der Waals surface area contributed by atoms with Gasteiger partial charge in [0.2, 0.25) is 0 Å². The van der Waals surface area contributed by atoms with Gasteiger partial charge in [-0.25, -0.2) is 4.39 Å². The van der Waals surface area contributed by atoms with E-state index in [9.17, 15) is 9.18 Å². The number of fused-ring (bicyclic) bond motifs is 1. The summed E-state index contributed by atoms with van der Waals surface area (Å²) in [5.41, 5.74) is 0.962. The molecule has 1 aliphatic heterocycles. The maximum Gasteiger partial charge on any atom is 0.153 e. The van der Waals surface area contributed by atoms with Gasteiger partial charge in [-0.3, -0.25) is 4.79 Å². The number of ether oxygens (including phenoxy) is 1. The van der Waals surface area contributed by atoms with E-state index in [0.717, 1.165) is 0 Å². The molecular weight excluding hydrogens is 159 g/mol. The second-order valence-electron chi connectivity index (χ2n) is 2.66. The van der Waals surface area contributed by atoms with Crippen LogP contribution in [-0.2, 0) is 6.42 Å². The van der Waals surface area contributed by atoms with Gasteiger partial charge in [0.25, 0.3) is 0 Å². The van der Waals surface area contributed by atoms with E-state index in [1.807, 2.05) is 0 Å². The smallest absolute Gasteiger partial charge is 0.153 e. The average molecular weight is 166 g/mol. The van der Waals surface area contributed by atoms with E-state index in [2.05, 4.69) is 0 Å². The molecule has 0 spiro atoms. The SMILES string of the molecule is O=Cc1ccc(F)c2c1OCC2. The fraction of sp³-hybridized carbons (Fsp3) is 0.222. The van der Waals surface area contributed by atoms with Gasteiger partial charge < -0.3 is 4.74 Å². The van der Waals surface area contributed by atoms with Crippen molar-refractivity contribution in [2.45, 2.75) is 6.42 Å². The van der Waals surface area contributed by atoms with Crippen molar-refractivity contribution >= 4 is 6.29 Å². The van der Waals surface area contributed by atoms with E-state index in [1.54, 1.807) is 0 Å². The molecule has 3 heteroatoms. The first-order chi connectivity index (χ1) is 5.83. The minimum Gasteiger partial charge on any atom is -0.492 e. The van der Waals surface area contributed by atoms with Crippen molar-refractivity contribution in [3.8, 4) is 5.75 Å². The summed E-state index contributed by atoms with van der Waals surface area (Å²) in [6.45, 7) is 0.469. The van der Waals surface area contributed by atoms with Crippen molar-refractivity contribution in [3.63, 3.8) is 0 Å². The maximum atomic E-state index is 13.0. The zero-order valence-corrected chi connectivity index (χ0v) is 6.34. The molecule has 0 bridgehead atoms. The maximum absolute atomic E-state index is 13.0. The fourth-order valence-corrected chi connectivity index (χ4v) is 1.37. The highest BCUT2D eigenvalue weighted by molar-refractivity contribution is 5.80. The highest BCUT2D eigenvalue weighted by Crippen LogP contribution is 2.30. The summed E-state index contributed by atoms with van der Waals surface area (Å²) in [6, 6.07) is 2.74. The van der Waals surface area contributed by atoms with E-state index >= 15 is 0 Å². The molecule has 1 aromatic carbocycles. The Kier molecular flexibility index (Phi) is 1.57. The lowest BCUT2D eigenvalue weighted by molar-refractivity contribution is 0.112. The van der Waals surface area contributed by atoms with Crippen LogP contribution < -0.4 is 4.74 Å². The van der Waals surface area contributed by atoms with Crippen LogP contribution >= 0.6 is 0 Å². The Labute approximate surface area is 69.0 Å². The molecule has 0 amide bonds.